The summed E-state index contributed by atoms with van der Waals surface area (Å²) in [7, 11) is 0. The summed E-state index contributed by atoms with van der Waals surface area (Å²) in [5.74, 6) is 7.26. The highest BCUT2D eigenvalue weighted by atomic mass is 15.2. The first-order chi connectivity index (χ1) is 6.63. The van der Waals surface area contributed by atoms with Crippen LogP contribution in [0.2, 0.25) is 0 Å². The van der Waals surface area contributed by atoms with Crippen molar-refractivity contribution in [1.29, 1.82) is 0 Å². The van der Waals surface area contributed by atoms with Crippen molar-refractivity contribution in [3.8, 4) is 0 Å². The van der Waals surface area contributed by atoms with Gasteiger partial charge < -0.3 is 0 Å². The van der Waals surface area contributed by atoms with Crippen molar-refractivity contribution in [2.45, 2.75) is 52.0 Å². The van der Waals surface area contributed by atoms with Gasteiger partial charge in [-0.1, -0.05) is 25.3 Å². The van der Waals surface area contributed by atoms with Crippen molar-refractivity contribution in [1.82, 2.24) is 5.43 Å². The van der Waals surface area contributed by atoms with Gasteiger partial charge in [-0.05, 0) is 38.0 Å². The van der Waals surface area contributed by atoms with Crippen LogP contribution in [0.25, 0.3) is 0 Å². The third kappa shape index (κ3) is 3.43. The zero-order chi connectivity index (χ0) is 10.6. The van der Waals surface area contributed by atoms with E-state index in [2.05, 4.69) is 25.9 Å². The molecule has 2 heteroatoms. The predicted octanol–water partition coefficient (Wildman–Crippen LogP) is 2.61. The summed E-state index contributed by atoms with van der Waals surface area (Å²) in [5.41, 5.74) is 4.19. The molecule has 0 aliphatic heterocycles. The number of nitrogens with two attached hydrogens (primary N) is 1. The van der Waals surface area contributed by atoms with Gasteiger partial charge in [0, 0.05) is 6.04 Å². The number of nitrogens with one attached hydrogen (secondary N) is 1. The second kappa shape index (κ2) is 5.52. The van der Waals surface area contributed by atoms with E-state index in [1.165, 1.54) is 31.3 Å². The highest BCUT2D eigenvalue weighted by Gasteiger charge is 2.24. The molecular weight excluding hydrogens is 172 g/mol. The molecule has 82 valence electrons. The summed E-state index contributed by atoms with van der Waals surface area (Å²) in [6.45, 7) is 8.38. The molecule has 0 amide bonds. The summed E-state index contributed by atoms with van der Waals surface area (Å²) in [6.07, 6.45) is 6.39. The minimum absolute atomic E-state index is 0.444. The third-order valence-corrected chi connectivity index (χ3v) is 3.41. The van der Waals surface area contributed by atoms with Gasteiger partial charge in [-0.2, -0.15) is 0 Å². The summed E-state index contributed by atoms with van der Waals surface area (Å²) in [5, 5.41) is 0. The number of hydrogen-bond acceptors (Lipinski definition) is 2. The Bertz CT molecular complexity index is 181. The Hall–Kier alpha value is -0.340. The van der Waals surface area contributed by atoms with Gasteiger partial charge in [0.1, 0.15) is 0 Å². The summed E-state index contributed by atoms with van der Waals surface area (Å²) in [4.78, 5) is 0. The van der Waals surface area contributed by atoms with Crippen LogP contribution >= 0.6 is 0 Å². The quantitative estimate of drug-likeness (QED) is 0.412. The lowest BCUT2D eigenvalue weighted by Gasteiger charge is -2.32. The second-order valence-corrected chi connectivity index (χ2v) is 4.95. The predicted molar refractivity (Wildman–Crippen MR) is 61.7 cm³/mol. The van der Waals surface area contributed by atoms with Crippen LogP contribution in [0.4, 0.5) is 0 Å². The van der Waals surface area contributed by atoms with E-state index < -0.39 is 0 Å². The maximum absolute atomic E-state index is 5.60. The highest BCUT2D eigenvalue weighted by Crippen LogP contribution is 2.31. The van der Waals surface area contributed by atoms with Crippen LogP contribution in [-0.2, 0) is 0 Å². The first-order valence-electron chi connectivity index (χ1n) is 5.74. The van der Waals surface area contributed by atoms with Crippen LogP contribution < -0.4 is 11.3 Å². The summed E-state index contributed by atoms with van der Waals surface area (Å²) in [6, 6.07) is 0.444. The normalized spacial score (nSPS) is 29.9. The monoisotopic (exact) mass is 196 g/mol. The van der Waals surface area contributed by atoms with Crippen LogP contribution in [0.15, 0.2) is 12.2 Å². The topological polar surface area (TPSA) is 38.0 Å². The molecule has 0 bridgehead atoms. The molecule has 0 aromatic carbocycles. The van der Waals surface area contributed by atoms with E-state index in [4.69, 9.17) is 5.84 Å². The van der Waals surface area contributed by atoms with Crippen molar-refractivity contribution >= 4 is 0 Å². The van der Waals surface area contributed by atoms with Crippen LogP contribution in [-0.4, -0.2) is 6.04 Å². The molecule has 0 saturated heterocycles. The standard InChI is InChI=1S/C12H24N2/c1-9(2)8-12(14-13)11-6-4-10(3)5-7-11/h10-12,14H,1,4-8,13H2,2-3H3. The molecule has 1 fully saturated rings. The van der Waals surface area contributed by atoms with Crippen molar-refractivity contribution in [3.63, 3.8) is 0 Å². The van der Waals surface area contributed by atoms with E-state index in [0.29, 0.717) is 6.04 Å². The minimum atomic E-state index is 0.444. The van der Waals surface area contributed by atoms with E-state index in [9.17, 15) is 0 Å². The maximum Gasteiger partial charge on any atom is 0.0275 e. The van der Waals surface area contributed by atoms with Crippen LogP contribution in [0.3, 0.4) is 0 Å². The fraction of sp³-hybridized carbons (Fsp3) is 0.833. The van der Waals surface area contributed by atoms with Gasteiger partial charge in [0.25, 0.3) is 0 Å². The van der Waals surface area contributed by atoms with Crippen LogP contribution in [0, 0.1) is 11.8 Å². The smallest absolute Gasteiger partial charge is 0.0275 e. The first-order valence-corrected chi connectivity index (χ1v) is 5.74. The molecule has 0 radical (unpaired) electrons. The summed E-state index contributed by atoms with van der Waals surface area (Å²) < 4.78 is 0. The molecule has 0 heterocycles. The van der Waals surface area contributed by atoms with Crippen LogP contribution in [0.1, 0.15) is 46.0 Å². The number of hydrazine groups is 1. The third-order valence-electron chi connectivity index (χ3n) is 3.41. The number of rotatable bonds is 4. The zero-order valence-corrected chi connectivity index (χ0v) is 9.55. The van der Waals surface area contributed by atoms with Gasteiger partial charge in [0.05, 0.1) is 0 Å². The van der Waals surface area contributed by atoms with E-state index in [0.717, 1.165) is 18.3 Å². The maximum atomic E-state index is 5.60. The average Bonchev–Trinajstić information content (AvgIpc) is 2.15. The SMILES string of the molecule is C=C(C)CC(NN)C1CCC(C)CC1. The molecule has 1 unspecified atom stereocenters. The van der Waals surface area contributed by atoms with Crippen molar-refractivity contribution in [2.75, 3.05) is 0 Å². The lowest BCUT2D eigenvalue weighted by molar-refractivity contribution is 0.229. The molecule has 0 aromatic heterocycles. The van der Waals surface area contributed by atoms with E-state index in [1.807, 2.05) is 0 Å². The molecule has 14 heavy (non-hydrogen) atoms. The Morgan fingerprint density at radius 1 is 1.43 bits per heavy atom. The van der Waals surface area contributed by atoms with Crippen molar-refractivity contribution in [3.05, 3.63) is 12.2 Å². The molecule has 1 aliphatic carbocycles. The van der Waals surface area contributed by atoms with Gasteiger partial charge in [0.15, 0.2) is 0 Å². The molecule has 1 saturated carbocycles. The Kier molecular flexibility index (Phi) is 4.63. The van der Waals surface area contributed by atoms with E-state index in [-0.39, 0.29) is 0 Å². The fourth-order valence-corrected chi connectivity index (χ4v) is 2.43. The van der Waals surface area contributed by atoms with Crippen molar-refractivity contribution in [2.24, 2.45) is 17.7 Å². The second-order valence-electron chi connectivity index (χ2n) is 4.95. The molecule has 2 nitrogen and oxygen atoms in total. The Balaban J connectivity index is 2.40. The minimum Gasteiger partial charge on any atom is -0.271 e. The number of hydrogen-bond donors (Lipinski definition) is 2. The largest absolute Gasteiger partial charge is 0.271 e. The van der Waals surface area contributed by atoms with Gasteiger partial charge in [-0.15, -0.1) is 6.58 Å². The van der Waals surface area contributed by atoms with Crippen molar-refractivity contribution < 1.29 is 0 Å². The molecular formula is C12H24N2. The van der Waals surface area contributed by atoms with Gasteiger partial charge in [-0.3, -0.25) is 11.3 Å². The summed E-state index contributed by atoms with van der Waals surface area (Å²) >= 11 is 0. The molecule has 1 atom stereocenters. The molecule has 1 aliphatic rings. The van der Waals surface area contributed by atoms with Gasteiger partial charge in [0.2, 0.25) is 0 Å². The van der Waals surface area contributed by atoms with Gasteiger partial charge >= 0.3 is 0 Å². The molecule has 0 aromatic rings. The highest BCUT2D eigenvalue weighted by molar-refractivity contribution is 4.95. The lowest BCUT2D eigenvalue weighted by Crippen LogP contribution is -2.42. The van der Waals surface area contributed by atoms with Gasteiger partial charge in [-0.25, -0.2) is 0 Å². The molecule has 0 spiro atoms. The Morgan fingerprint density at radius 3 is 2.43 bits per heavy atom. The average molecular weight is 196 g/mol. The zero-order valence-electron chi connectivity index (χ0n) is 9.55. The first kappa shape index (κ1) is 11.7. The van der Waals surface area contributed by atoms with Crippen LogP contribution in [0.5, 0.6) is 0 Å². The molecule has 3 N–H and O–H groups in total. The lowest BCUT2D eigenvalue weighted by atomic mass is 9.78. The van der Waals surface area contributed by atoms with E-state index >= 15 is 0 Å². The van der Waals surface area contributed by atoms with E-state index in [1.54, 1.807) is 0 Å². The fourth-order valence-electron chi connectivity index (χ4n) is 2.43. The molecule has 1 rings (SSSR count). The Morgan fingerprint density at radius 2 is 2.00 bits per heavy atom. The Labute approximate surface area is 87.9 Å².